The first-order chi connectivity index (χ1) is 17.5. The number of pyridine rings is 2. The summed E-state index contributed by atoms with van der Waals surface area (Å²) in [5, 5.41) is 1.36. The quantitative estimate of drug-likeness (QED) is 0.271. The number of benzene rings is 1. The van der Waals surface area contributed by atoms with Crippen LogP contribution in [0.1, 0.15) is 39.7 Å². The van der Waals surface area contributed by atoms with Gasteiger partial charge in [-0.3, -0.25) is 9.55 Å². The van der Waals surface area contributed by atoms with Gasteiger partial charge in [0.1, 0.15) is 0 Å². The molecule has 190 valence electrons. The number of hydrogen-bond acceptors (Lipinski definition) is 4. The minimum Gasteiger partial charge on any atom is -0.354 e. The van der Waals surface area contributed by atoms with E-state index in [0.717, 1.165) is 50.1 Å². The van der Waals surface area contributed by atoms with Crippen LogP contribution in [-0.4, -0.2) is 52.2 Å². The summed E-state index contributed by atoms with van der Waals surface area (Å²) >= 11 is 0. The number of nitrogens with zero attached hydrogens (tertiary/aromatic N) is 5. The summed E-state index contributed by atoms with van der Waals surface area (Å²) in [4.78, 5) is 13.0. The second-order valence-corrected chi connectivity index (χ2v) is 9.55. The van der Waals surface area contributed by atoms with Crippen LogP contribution in [0.15, 0.2) is 48.9 Å². The molecule has 0 spiro atoms. The Balaban J connectivity index is 1.35. The lowest BCUT2D eigenvalue weighted by molar-refractivity contribution is 0.0796. The third kappa shape index (κ3) is 4.66. The summed E-state index contributed by atoms with van der Waals surface area (Å²) in [6, 6.07) is 8.35. The maximum absolute atomic E-state index is 15.2. The monoisotopic (exact) mass is 495 g/mol. The maximum Gasteiger partial charge on any atom is 0.319 e. The van der Waals surface area contributed by atoms with E-state index in [-0.39, 0.29) is 5.82 Å². The Morgan fingerprint density at radius 1 is 0.972 bits per heavy atom. The summed E-state index contributed by atoms with van der Waals surface area (Å²) in [6.07, 6.45) is 7.99. The number of piperidine rings is 1. The third-order valence-corrected chi connectivity index (χ3v) is 7.62. The Morgan fingerprint density at radius 3 is 2.44 bits per heavy atom. The standard InChI is InChI=1S/C28H32F3N5/c1-3-34(4-2)12-8-19-9-13-35(14-10-19)27-24(29)15-21(17-33-27)20-5-6-22-23-18-32-11-7-25(23)36(28(30)31)26(22)16-20/h5-7,11,15-19,28H,3-4,8-10,12-14H2,1-2H3. The van der Waals surface area contributed by atoms with Crippen molar-refractivity contribution in [3.8, 4) is 11.1 Å². The molecule has 0 amide bonds. The average molecular weight is 496 g/mol. The first kappa shape index (κ1) is 24.6. The van der Waals surface area contributed by atoms with E-state index in [2.05, 4.69) is 28.7 Å². The van der Waals surface area contributed by atoms with Crippen LogP contribution in [0, 0.1) is 11.7 Å². The number of aromatic nitrogens is 3. The van der Waals surface area contributed by atoms with Gasteiger partial charge >= 0.3 is 6.55 Å². The molecule has 0 unspecified atom stereocenters. The van der Waals surface area contributed by atoms with Crippen molar-refractivity contribution >= 4 is 27.6 Å². The molecule has 0 bridgehead atoms. The number of anilines is 1. The van der Waals surface area contributed by atoms with Gasteiger partial charge in [0.25, 0.3) is 0 Å². The van der Waals surface area contributed by atoms with Gasteiger partial charge in [-0.15, -0.1) is 0 Å². The van der Waals surface area contributed by atoms with Crippen molar-refractivity contribution in [2.24, 2.45) is 5.92 Å². The Hall–Kier alpha value is -3.13. The van der Waals surface area contributed by atoms with Crippen molar-refractivity contribution < 1.29 is 13.2 Å². The Bertz CT molecular complexity index is 1340. The molecule has 0 N–H and O–H groups in total. The highest BCUT2D eigenvalue weighted by Crippen LogP contribution is 2.35. The molecule has 0 aliphatic carbocycles. The molecule has 1 fully saturated rings. The van der Waals surface area contributed by atoms with Gasteiger partial charge in [0.05, 0.1) is 11.0 Å². The molecule has 4 aromatic rings. The van der Waals surface area contributed by atoms with Crippen molar-refractivity contribution in [2.45, 2.75) is 39.7 Å². The van der Waals surface area contributed by atoms with Crippen LogP contribution < -0.4 is 4.90 Å². The van der Waals surface area contributed by atoms with E-state index in [1.807, 2.05) is 11.0 Å². The van der Waals surface area contributed by atoms with E-state index in [9.17, 15) is 8.78 Å². The van der Waals surface area contributed by atoms with Gasteiger partial charge in [-0.2, -0.15) is 8.78 Å². The number of halogens is 3. The van der Waals surface area contributed by atoms with Crippen molar-refractivity contribution in [3.63, 3.8) is 0 Å². The number of rotatable bonds is 8. The molecule has 36 heavy (non-hydrogen) atoms. The van der Waals surface area contributed by atoms with Gasteiger partial charge in [-0.05, 0) is 68.6 Å². The molecule has 3 aromatic heterocycles. The molecule has 5 rings (SSSR count). The largest absolute Gasteiger partial charge is 0.354 e. The summed E-state index contributed by atoms with van der Waals surface area (Å²) in [6.45, 7) is 6.54. The van der Waals surface area contributed by atoms with Gasteiger partial charge in [0.15, 0.2) is 11.6 Å². The van der Waals surface area contributed by atoms with Crippen LogP contribution in [0.25, 0.3) is 32.9 Å². The highest BCUT2D eigenvalue weighted by atomic mass is 19.3. The highest BCUT2D eigenvalue weighted by Gasteiger charge is 2.23. The van der Waals surface area contributed by atoms with Gasteiger partial charge in [0.2, 0.25) is 0 Å². The fourth-order valence-corrected chi connectivity index (χ4v) is 5.44. The van der Waals surface area contributed by atoms with Crippen molar-refractivity contribution in [1.82, 2.24) is 19.4 Å². The van der Waals surface area contributed by atoms with Crippen molar-refractivity contribution in [1.29, 1.82) is 0 Å². The molecule has 1 aromatic carbocycles. The fraction of sp³-hybridized carbons (Fsp3) is 0.429. The van der Waals surface area contributed by atoms with Gasteiger partial charge < -0.3 is 9.80 Å². The van der Waals surface area contributed by atoms with Crippen molar-refractivity contribution in [3.05, 3.63) is 54.7 Å². The van der Waals surface area contributed by atoms with E-state index in [1.54, 1.807) is 30.6 Å². The van der Waals surface area contributed by atoms with Gasteiger partial charge in [-0.25, -0.2) is 9.37 Å². The second-order valence-electron chi connectivity index (χ2n) is 9.55. The lowest BCUT2D eigenvalue weighted by Gasteiger charge is -2.34. The predicted octanol–water partition coefficient (Wildman–Crippen LogP) is 6.73. The van der Waals surface area contributed by atoms with E-state index in [0.29, 0.717) is 44.7 Å². The molecule has 0 atom stereocenters. The molecule has 5 nitrogen and oxygen atoms in total. The minimum atomic E-state index is -2.70. The summed E-state index contributed by atoms with van der Waals surface area (Å²) in [7, 11) is 0. The van der Waals surface area contributed by atoms with Gasteiger partial charge in [0, 0.05) is 48.0 Å². The second kappa shape index (κ2) is 10.5. The molecule has 1 aliphatic heterocycles. The Kier molecular flexibility index (Phi) is 7.14. The number of hydrogen-bond donors (Lipinski definition) is 0. The van der Waals surface area contributed by atoms with Crippen LogP contribution >= 0.6 is 0 Å². The molecular weight excluding hydrogens is 463 g/mol. The first-order valence-electron chi connectivity index (χ1n) is 12.8. The highest BCUT2D eigenvalue weighted by molar-refractivity contribution is 6.08. The van der Waals surface area contributed by atoms with E-state index in [1.165, 1.54) is 18.7 Å². The summed E-state index contributed by atoms with van der Waals surface area (Å²) in [5.74, 6) is 0.648. The zero-order valence-electron chi connectivity index (χ0n) is 20.8. The Morgan fingerprint density at radius 2 is 1.75 bits per heavy atom. The van der Waals surface area contributed by atoms with E-state index >= 15 is 4.39 Å². The SMILES string of the molecule is CCN(CC)CCC1CCN(c2ncc(-c3ccc4c5cnccc5n(C(F)F)c4c3)cc2F)CC1. The van der Waals surface area contributed by atoms with E-state index < -0.39 is 6.55 Å². The first-order valence-corrected chi connectivity index (χ1v) is 12.8. The molecule has 1 saturated heterocycles. The van der Waals surface area contributed by atoms with Crippen LogP contribution in [0.3, 0.4) is 0 Å². The number of fused-ring (bicyclic) bond motifs is 3. The molecule has 8 heteroatoms. The predicted molar refractivity (Wildman–Crippen MR) is 139 cm³/mol. The zero-order valence-corrected chi connectivity index (χ0v) is 20.8. The number of alkyl halides is 2. The maximum atomic E-state index is 15.2. The third-order valence-electron chi connectivity index (χ3n) is 7.62. The lowest BCUT2D eigenvalue weighted by atomic mass is 9.93. The molecule has 0 saturated carbocycles. The smallest absolute Gasteiger partial charge is 0.319 e. The van der Waals surface area contributed by atoms with E-state index in [4.69, 9.17) is 0 Å². The van der Waals surface area contributed by atoms with Crippen LogP contribution in [0.4, 0.5) is 19.0 Å². The van der Waals surface area contributed by atoms with Crippen molar-refractivity contribution in [2.75, 3.05) is 37.6 Å². The summed E-state index contributed by atoms with van der Waals surface area (Å²) in [5.41, 5.74) is 2.03. The molecule has 4 heterocycles. The van der Waals surface area contributed by atoms with Gasteiger partial charge in [-0.1, -0.05) is 26.0 Å². The topological polar surface area (TPSA) is 37.2 Å². The average Bonchev–Trinajstić information content (AvgIpc) is 3.23. The fourth-order valence-electron chi connectivity index (χ4n) is 5.44. The van der Waals surface area contributed by atoms with Crippen LogP contribution in [-0.2, 0) is 0 Å². The Labute approximate surface area is 209 Å². The lowest BCUT2D eigenvalue weighted by Crippen LogP contribution is -2.36. The minimum absolute atomic E-state index is 0.370. The normalized spacial score (nSPS) is 15.1. The molecule has 0 radical (unpaired) electrons. The van der Waals surface area contributed by atoms with Crippen LogP contribution in [0.5, 0.6) is 0 Å². The molecule has 1 aliphatic rings. The van der Waals surface area contributed by atoms with Crippen LogP contribution in [0.2, 0.25) is 0 Å². The zero-order chi connectivity index (χ0) is 25.2. The summed E-state index contributed by atoms with van der Waals surface area (Å²) < 4.78 is 44.1. The molecular formula is C28H32F3N5.